The zero-order valence-corrected chi connectivity index (χ0v) is 14.7. The Labute approximate surface area is 163 Å². The molecule has 0 fully saturated rings. The van der Waals surface area contributed by atoms with E-state index in [0.717, 1.165) is 6.07 Å². The van der Waals surface area contributed by atoms with Crippen molar-refractivity contribution in [3.05, 3.63) is 82.4 Å². The van der Waals surface area contributed by atoms with Crippen LogP contribution in [-0.2, 0) is 10.3 Å². The summed E-state index contributed by atoms with van der Waals surface area (Å²) in [6, 6.07) is 13.3. The Kier molecular flexibility index (Phi) is 3.78. The average molecular weight is 394 g/mol. The van der Waals surface area contributed by atoms with Gasteiger partial charge in [0.2, 0.25) is 0 Å². The van der Waals surface area contributed by atoms with Crippen LogP contribution in [0.2, 0.25) is 0 Å². The minimum Gasteiger partial charge on any atom is -0.508 e. The lowest BCUT2D eigenvalue weighted by atomic mass is 9.75. The van der Waals surface area contributed by atoms with E-state index in [4.69, 9.17) is 9.47 Å². The highest BCUT2D eigenvalue weighted by atomic mass is 16.6. The first-order valence-electron chi connectivity index (χ1n) is 8.37. The van der Waals surface area contributed by atoms with E-state index in [0.29, 0.717) is 16.7 Å². The molecule has 0 saturated heterocycles. The smallest absolute Gasteiger partial charge is 0.340 e. The van der Waals surface area contributed by atoms with Crippen LogP contribution in [0.1, 0.15) is 37.4 Å². The zero-order chi connectivity index (χ0) is 19.6. The molecule has 2 aliphatic rings. The summed E-state index contributed by atoms with van der Waals surface area (Å²) in [7, 11) is 0. The van der Waals surface area contributed by atoms with Gasteiger partial charge in [-0.3, -0.25) is 0 Å². The molecule has 8 nitrogen and oxygen atoms in total. The number of carbonyl (C=O) groups excluding carboxylic acids is 1. The summed E-state index contributed by atoms with van der Waals surface area (Å²) in [5.74, 6) is -2.08. The average Bonchev–Trinajstić information content (AvgIpc) is 2.94. The number of ether oxygens (including phenoxy) is 2. The number of phenols is 2. The molecule has 5 N–H and O–H groups in total. The van der Waals surface area contributed by atoms with Crippen molar-refractivity contribution in [1.82, 2.24) is 0 Å². The van der Waals surface area contributed by atoms with Gasteiger partial charge in [-0.1, -0.05) is 18.2 Å². The molecule has 0 bridgehead atoms. The van der Waals surface area contributed by atoms with Crippen LogP contribution in [0, 0.1) is 0 Å². The van der Waals surface area contributed by atoms with Crippen molar-refractivity contribution >= 4 is 11.9 Å². The monoisotopic (exact) mass is 394 g/mol. The number of aromatic hydroxyl groups is 2. The van der Waals surface area contributed by atoms with Gasteiger partial charge in [-0.15, -0.1) is 0 Å². The summed E-state index contributed by atoms with van der Waals surface area (Å²) in [5, 5.41) is 29.6. The second-order valence-electron chi connectivity index (χ2n) is 6.57. The van der Waals surface area contributed by atoms with Crippen molar-refractivity contribution in [2.75, 3.05) is 0 Å². The molecule has 0 amide bonds. The van der Waals surface area contributed by atoms with Gasteiger partial charge < -0.3 is 30.3 Å². The molecular weight excluding hydrogens is 380 g/mol. The standard InChI is InChI=1S/C21H12O7.H2O/c22-10-5-6-15-16(8-10)27-17-9-11(23)7-13(19(24)25)18(17)21(15)14-4-2-1-3-12(14)20(26)28-21;/h1-9,22-23H,(H,24,25);1H2. The van der Waals surface area contributed by atoms with Gasteiger partial charge in [0.25, 0.3) is 0 Å². The van der Waals surface area contributed by atoms with Gasteiger partial charge in [0.15, 0.2) is 5.60 Å². The zero-order valence-electron chi connectivity index (χ0n) is 14.7. The number of carbonyl (C=O) groups is 2. The number of hydrogen-bond donors (Lipinski definition) is 3. The van der Waals surface area contributed by atoms with Gasteiger partial charge in [0.1, 0.15) is 23.0 Å². The SMILES string of the molecule is O.O=C1OC2(c3ccc(O)cc3Oc3cc(O)cc(C(=O)O)c32)c2ccccc21. The van der Waals surface area contributed by atoms with Crippen LogP contribution < -0.4 is 4.74 Å². The highest BCUT2D eigenvalue weighted by Gasteiger charge is 2.55. The summed E-state index contributed by atoms with van der Waals surface area (Å²) in [4.78, 5) is 24.6. The number of benzene rings is 3. The second kappa shape index (κ2) is 5.98. The Balaban J connectivity index is 0.00000205. The highest BCUT2D eigenvalue weighted by molar-refractivity contribution is 5.99. The van der Waals surface area contributed by atoms with Crippen molar-refractivity contribution in [1.29, 1.82) is 0 Å². The molecule has 8 heteroatoms. The van der Waals surface area contributed by atoms with Crippen LogP contribution in [0.15, 0.2) is 54.6 Å². The van der Waals surface area contributed by atoms with E-state index < -0.39 is 17.5 Å². The van der Waals surface area contributed by atoms with Gasteiger partial charge in [-0.2, -0.15) is 0 Å². The molecule has 3 aromatic carbocycles. The van der Waals surface area contributed by atoms with E-state index in [2.05, 4.69) is 0 Å². The molecule has 29 heavy (non-hydrogen) atoms. The molecule has 0 saturated carbocycles. The third kappa shape index (κ3) is 2.29. The molecule has 1 spiro atoms. The lowest BCUT2D eigenvalue weighted by molar-refractivity contribution is 0.0215. The predicted octanol–water partition coefficient (Wildman–Crippen LogP) is 2.54. The summed E-state index contributed by atoms with van der Waals surface area (Å²) >= 11 is 0. The van der Waals surface area contributed by atoms with E-state index in [1.165, 1.54) is 24.3 Å². The number of esters is 1. The van der Waals surface area contributed by atoms with Crippen molar-refractivity contribution in [3.8, 4) is 23.0 Å². The first-order chi connectivity index (χ1) is 13.4. The largest absolute Gasteiger partial charge is 0.508 e. The number of phenolic OH excluding ortho intramolecular Hbond substituents is 2. The first-order valence-corrected chi connectivity index (χ1v) is 8.37. The van der Waals surface area contributed by atoms with Gasteiger partial charge >= 0.3 is 11.9 Å². The fourth-order valence-electron chi connectivity index (χ4n) is 3.96. The molecule has 1 atom stereocenters. The van der Waals surface area contributed by atoms with Crippen LogP contribution in [0.4, 0.5) is 0 Å². The summed E-state index contributed by atoms with van der Waals surface area (Å²) in [5.41, 5.74) is -0.577. The minimum absolute atomic E-state index is 0. The fraction of sp³-hybridized carbons (Fsp3) is 0.0476. The second-order valence-corrected chi connectivity index (χ2v) is 6.57. The van der Waals surface area contributed by atoms with E-state index in [9.17, 15) is 24.9 Å². The number of hydrogen-bond acceptors (Lipinski definition) is 6. The molecule has 1 unspecified atom stereocenters. The Morgan fingerprint density at radius 3 is 2.38 bits per heavy atom. The third-order valence-electron chi connectivity index (χ3n) is 5.01. The van der Waals surface area contributed by atoms with Crippen LogP contribution in [0.5, 0.6) is 23.0 Å². The quantitative estimate of drug-likeness (QED) is 0.538. The normalized spacial score (nSPS) is 18.0. The lowest BCUT2D eigenvalue weighted by Crippen LogP contribution is -2.35. The molecule has 5 rings (SSSR count). The van der Waals surface area contributed by atoms with E-state index >= 15 is 0 Å². The molecular formula is C21H14O8. The Morgan fingerprint density at radius 1 is 0.897 bits per heavy atom. The number of rotatable bonds is 1. The number of carboxylic acids is 1. The highest BCUT2D eigenvalue weighted by Crippen LogP contribution is 2.58. The summed E-state index contributed by atoms with van der Waals surface area (Å²) < 4.78 is 11.6. The maximum Gasteiger partial charge on any atom is 0.340 e. The van der Waals surface area contributed by atoms with Crippen LogP contribution in [0.3, 0.4) is 0 Å². The van der Waals surface area contributed by atoms with Crippen molar-refractivity contribution in [2.24, 2.45) is 0 Å². The summed E-state index contributed by atoms with van der Waals surface area (Å²) in [6.07, 6.45) is 0. The van der Waals surface area contributed by atoms with E-state index in [1.807, 2.05) is 0 Å². The Hall–Kier alpha value is -4.04. The molecule has 2 aliphatic heterocycles. The molecule has 3 aromatic rings. The minimum atomic E-state index is -1.58. The molecule has 2 heterocycles. The molecule has 0 aliphatic carbocycles. The number of fused-ring (bicyclic) bond motifs is 6. The van der Waals surface area contributed by atoms with Gasteiger partial charge in [0.05, 0.1) is 16.7 Å². The molecule has 146 valence electrons. The maximum absolute atomic E-state index is 12.7. The fourth-order valence-corrected chi connectivity index (χ4v) is 3.96. The predicted molar refractivity (Wildman–Crippen MR) is 98.6 cm³/mol. The first kappa shape index (κ1) is 18.3. The van der Waals surface area contributed by atoms with Crippen LogP contribution in [0.25, 0.3) is 0 Å². The van der Waals surface area contributed by atoms with Crippen LogP contribution in [-0.4, -0.2) is 32.7 Å². The van der Waals surface area contributed by atoms with Gasteiger partial charge in [-0.25, -0.2) is 9.59 Å². The van der Waals surface area contributed by atoms with Crippen molar-refractivity contribution < 1.29 is 39.9 Å². The Bertz CT molecular complexity index is 1200. The van der Waals surface area contributed by atoms with Crippen LogP contribution >= 0.6 is 0 Å². The summed E-state index contributed by atoms with van der Waals surface area (Å²) in [6.45, 7) is 0. The van der Waals surface area contributed by atoms with Gasteiger partial charge in [0, 0.05) is 23.3 Å². The van der Waals surface area contributed by atoms with Gasteiger partial charge in [-0.05, 0) is 24.3 Å². The lowest BCUT2D eigenvalue weighted by Gasteiger charge is -2.37. The molecule has 0 radical (unpaired) electrons. The maximum atomic E-state index is 12.7. The van der Waals surface area contributed by atoms with Crippen molar-refractivity contribution in [3.63, 3.8) is 0 Å². The number of carboxylic acid groups (broad SMARTS) is 1. The molecule has 0 aromatic heterocycles. The van der Waals surface area contributed by atoms with Crippen molar-refractivity contribution in [2.45, 2.75) is 5.60 Å². The van der Waals surface area contributed by atoms with E-state index in [1.54, 1.807) is 24.3 Å². The Morgan fingerprint density at radius 2 is 1.62 bits per heavy atom. The van der Waals surface area contributed by atoms with E-state index in [-0.39, 0.29) is 39.6 Å². The third-order valence-corrected chi connectivity index (χ3v) is 5.01. The topological polar surface area (TPSA) is 145 Å². The number of aromatic carboxylic acids is 1.